The molecule has 4 heteroatoms. The molecule has 0 aromatic heterocycles. The molecule has 0 radical (unpaired) electrons. The predicted molar refractivity (Wildman–Crippen MR) is 91.4 cm³/mol. The molecule has 1 saturated heterocycles. The minimum atomic E-state index is -0.989. The number of nitrogens with one attached hydrogen (secondary N) is 1. The Morgan fingerprint density at radius 3 is 2.74 bits per heavy atom. The number of rotatable bonds is 5. The van der Waals surface area contributed by atoms with Crippen LogP contribution in [0.25, 0.3) is 0 Å². The summed E-state index contributed by atoms with van der Waals surface area (Å²) in [7, 11) is 0. The monoisotopic (exact) mass is 313 g/mol. The Morgan fingerprint density at radius 1 is 1.39 bits per heavy atom. The fourth-order valence-corrected chi connectivity index (χ4v) is 3.00. The van der Waals surface area contributed by atoms with Crippen LogP contribution in [-0.2, 0) is 17.9 Å². The number of benzene rings is 1. The Balaban J connectivity index is 2.00. The number of carbonyl (C=O) groups is 1. The Hall–Kier alpha value is -1.86. The number of carbonyl (C=O) groups excluding carboxylic acids is 1. The molecule has 1 amide bonds. The largest absolute Gasteiger partial charge is 0.351 e. The first-order valence-corrected chi connectivity index (χ1v) is 8.41. The number of hydrogen-bond acceptors (Lipinski definition) is 3. The molecule has 1 aromatic rings. The first-order valence-electron chi connectivity index (χ1n) is 8.41. The van der Waals surface area contributed by atoms with Crippen molar-refractivity contribution in [3.8, 4) is 6.07 Å². The van der Waals surface area contributed by atoms with Crippen LogP contribution in [0.15, 0.2) is 24.3 Å². The first-order chi connectivity index (χ1) is 10.9. The Kier molecular flexibility index (Phi) is 5.79. The molecule has 4 nitrogen and oxygen atoms in total. The molecular formula is C19H27N3O. The molecule has 124 valence electrons. The summed E-state index contributed by atoms with van der Waals surface area (Å²) in [5, 5.41) is 11.9. The van der Waals surface area contributed by atoms with E-state index in [4.69, 9.17) is 5.26 Å². The summed E-state index contributed by atoms with van der Waals surface area (Å²) in [5.74, 6) is 0.536. The molecule has 0 saturated carbocycles. The summed E-state index contributed by atoms with van der Waals surface area (Å²) in [6.45, 7) is 9.28. The van der Waals surface area contributed by atoms with Gasteiger partial charge in [0.1, 0.15) is 5.41 Å². The number of piperidine rings is 1. The highest BCUT2D eigenvalue weighted by molar-refractivity contribution is 5.84. The van der Waals surface area contributed by atoms with Crippen LogP contribution in [-0.4, -0.2) is 23.9 Å². The summed E-state index contributed by atoms with van der Waals surface area (Å²) in [4.78, 5) is 14.6. The molecule has 1 aromatic carbocycles. The zero-order valence-electron chi connectivity index (χ0n) is 14.4. The molecule has 23 heavy (non-hydrogen) atoms. The average Bonchev–Trinajstić information content (AvgIpc) is 2.53. The fourth-order valence-electron chi connectivity index (χ4n) is 3.00. The molecule has 0 aliphatic carbocycles. The lowest BCUT2D eigenvalue weighted by Gasteiger charge is -2.31. The van der Waals surface area contributed by atoms with Crippen LogP contribution >= 0.6 is 0 Å². The third-order valence-electron chi connectivity index (χ3n) is 4.54. The second-order valence-corrected chi connectivity index (χ2v) is 7.17. The third kappa shape index (κ3) is 4.80. The van der Waals surface area contributed by atoms with Crippen molar-refractivity contribution in [2.45, 2.75) is 46.7 Å². The Bertz CT molecular complexity index is 589. The lowest BCUT2D eigenvalue weighted by molar-refractivity contribution is -0.126. The highest BCUT2D eigenvalue weighted by Gasteiger charge is 2.27. The fraction of sp³-hybridized carbons (Fsp3) is 0.579. The maximum atomic E-state index is 12.1. The van der Waals surface area contributed by atoms with Gasteiger partial charge in [0.2, 0.25) is 5.91 Å². The van der Waals surface area contributed by atoms with E-state index in [1.807, 2.05) is 18.2 Å². The highest BCUT2D eigenvalue weighted by Crippen LogP contribution is 2.20. The standard InChI is InChI=1S/C19H27N3O/c1-15-7-6-10-22(12-15)13-17-9-5-4-8-16(17)11-21-18(23)19(2,3)14-20/h4-5,8-9,15H,6-7,10-13H2,1-3H3,(H,21,23). The van der Waals surface area contributed by atoms with Crippen molar-refractivity contribution in [3.05, 3.63) is 35.4 Å². The third-order valence-corrected chi connectivity index (χ3v) is 4.54. The number of nitriles is 1. The molecule has 1 aliphatic heterocycles. The molecule has 1 N–H and O–H groups in total. The van der Waals surface area contributed by atoms with Gasteiger partial charge >= 0.3 is 0 Å². The number of hydrogen-bond donors (Lipinski definition) is 1. The van der Waals surface area contributed by atoms with Crippen molar-refractivity contribution < 1.29 is 4.79 Å². The lowest BCUT2D eigenvalue weighted by Crippen LogP contribution is -2.36. The predicted octanol–water partition coefficient (Wildman–Crippen LogP) is 3.08. The van der Waals surface area contributed by atoms with Gasteiger partial charge in [-0.3, -0.25) is 9.69 Å². The highest BCUT2D eigenvalue weighted by atomic mass is 16.2. The van der Waals surface area contributed by atoms with Gasteiger partial charge in [0.05, 0.1) is 6.07 Å². The van der Waals surface area contributed by atoms with Crippen molar-refractivity contribution in [2.24, 2.45) is 11.3 Å². The van der Waals surface area contributed by atoms with Gasteiger partial charge in [-0.15, -0.1) is 0 Å². The van der Waals surface area contributed by atoms with Gasteiger partial charge in [-0.05, 0) is 50.3 Å². The molecule has 1 aliphatic rings. The molecule has 2 rings (SSSR count). The second kappa shape index (κ2) is 7.61. The van der Waals surface area contributed by atoms with Crippen LogP contribution in [0.5, 0.6) is 0 Å². The van der Waals surface area contributed by atoms with Crippen molar-refractivity contribution in [3.63, 3.8) is 0 Å². The summed E-state index contributed by atoms with van der Waals surface area (Å²) >= 11 is 0. The zero-order valence-corrected chi connectivity index (χ0v) is 14.4. The van der Waals surface area contributed by atoms with Crippen LogP contribution in [0.3, 0.4) is 0 Å². The SMILES string of the molecule is CC1CCCN(Cc2ccccc2CNC(=O)C(C)(C)C#N)C1. The number of nitrogens with zero attached hydrogens (tertiary/aromatic N) is 2. The van der Waals surface area contributed by atoms with Gasteiger partial charge in [0.25, 0.3) is 0 Å². The Morgan fingerprint density at radius 2 is 2.09 bits per heavy atom. The van der Waals surface area contributed by atoms with Gasteiger partial charge in [0, 0.05) is 19.6 Å². The summed E-state index contributed by atoms with van der Waals surface area (Å²) in [5.41, 5.74) is 1.40. The molecule has 1 atom stereocenters. The zero-order chi connectivity index (χ0) is 16.9. The van der Waals surface area contributed by atoms with E-state index in [-0.39, 0.29) is 5.91 Å². The smallest absolute Gasteiger partial charge is 0.240 e. The molecular weight excluding hydrogens is 286 g/mol. The van der Waals surface area contributed by atoms with E-state index in [1.54, 1.807) is 13.8 Å². The first kappa shape index (κ1) is 17.5. The van der Waals surface area contributed by atoms with Crippen molar-refractivity contribution in [2.75, 3.05) is 13.1 Å². The maximum Gasteiger partial charge on any atom is 0.240 e. The van der Waals surface area contributed by atoms with Crippen LogP contribution < -0.4 is 5.32 Å². The van der Waals surface area contributed by atoms with Gasteiger partial charge in [-0.25, -0.2) is 0 Å². The minimum Gasteiger partial charge on any atom is -0.351 e. The van der Waals surface area contributed by atoms with Crippen molar-refractivity contribution in [1.29, 1.82) is 5.26 Å². The van der Waals surface area contributed by atoms with Gasteiger partial charge in [0.15, 0.2) is 0 Å². The van der Waals surface area contributed by atoms with E-state index in [0.29, 0.717) is 6.54 Å². The number of likely N-dealkylation sites (tertiary alicyclic amines) is 1. The quantitative estimate of drug-likeness (QED) is 0.909. The molecule has 0 bridgehead atoms. The van der Waals surface area contributed by atoms with Crippen LogP contribution in [0.4, 0.5) is 0 Å². The van der Waals surface area contributed by atoms with Crippen LogP contribution in [0.1, 0.15) is 44.7 Å². The van der Waals surface area contributed by atoms with Gasteiger partial charge in [-0.2, -0.15) is 5.26 Å². The molecule has 1 fully saturated rings. The van der Waals surface area contributed by atoms with E-state index in [0.717, 1.165) is 31.1 Å². The number of amides is 1. The summed E-state index contributed by atoms with van der Waals surface area (Å²) < 4.78 is 0. The van der Waals surface area contributed by atoms with Crippen LogP contribution in [0, 0.1) is 22.7 Å². The summed E-state index contributed by atoms with van der Waals surface area (Å²) in [6.07, 6.45) is 2.58. The second-order valence-electron chi connectivity index (χ2n) is 7.17. The van der Waals surface area contributed by atoms with Crippen molar-refractivity contribution >= 4 is 5.91 Å². The lowest BCUT2D eigenvalue weighted by atomic mass is 9.94. The average molecular weight is 313 g/mol. The minimum absolute atomic E-state index is 0.221. The normalized spacial score (nSPS) is 19.1. The van der Waals surface area contributed by atoms with E-state index >= 15 is 0 Å². The van der Waals surface area contributed by atoms with Crippen molar-refractivity contribution in [1.82, 2.24) is 10.2 Å². The maximum absolute atomic E-state index is 12.1. The molecule has 0 spiro atoms. The Labute approximate surface area is 139 Å². The van der Waals surface area contributed by atoms with Gasteiger partial charge < -0.3 is 5.32 Å². The van der Waals surface area contributed by atoms with E-state index in [1.165, 1.54) is 18.4 Å². The van der Waals surface area contributed by atoms with E-state index in [2.05, 4.69) is 29.3 Å². The van der Waals surface area contributed by atoms with Crippen LogP contribution in [0.2, 0.25) is 0 Å². The van der Waals surface area contributed by atoms with Gasteiger partial charge in [-0.1, -0.05) is 31.2 Å². The molecule has 1 heterocycles. The van der Waals surface area contributed by atoms with E-state index in [9.17, 15) is 4.79 Å². The summed E-state index contributed by atoms with van der Waals surface area (Å²) in [6, 6.07) is 10.3. The molecule has 1 unspecified atom stereocenters. The van der Waals surface area contributed by atoms with E-state index < -0.39 is 5.41 Å². The topological polar surface area (TPSA) is 56.1 Å².